The van der Waals surface area contributed by atoms with Gasteiger partial charge in [0.25, 0.3) is 5.91 Å². The lowest BCUT2D eigenvalue weighted by molar-refractivity contribution is -0.142. The molecule has 1 N–H and O–H groups in total. The van der Waals surface area contributed by atoms with Gasteiger partial charge in [0.15, 0.2) is 0 Å². The zero-order valence-corrected chi connectivity index (χ0v) is 14.8. The predicted molar refractivity (Wildman–Crippen MR) is 93.5 cm³/mol. The Morgan fingerprint density at radius 2 is 2.04 bits per heavy atom. The zero-order chi connectivity index (χ0) is 18.1. The maximum absolute atomic E-state index is 12.8. The van der Waals surface area contributed by atoms with Gasteiger partial charge in [-0.1, -0.05) is 12.1 Å². The van der Waals surface area contributed by atoms with Crippen LogP contribution in [0.3, 0.4) is 0 Å². The minimum Gasteiger partial charge on any atom is -0.481 e. The Balaban J connectivity index is 1.78. The van der Waals surface area contributed by atoms with E-state index in [0.717, 1.165) is 17.0 Å². The smallest absolute Gasteiger partial charge is 0.308 e. The first-order valence-electron chi connectivity index (χ1n) is 8.50. The highest BCUT2D eigenvalue weighted by molar-refractivity contribution is 5.95. The summed E-state index contributed by atoms with van der Waals surface area (Å²) in [6.07, 6.45) is 0.508. The number of amides is 1. The van der Waals surface area contributed by atoms with Gasteiger partial charge in [0.1, 0.15) is 0 Å². The van der Waals surface area contributed by atoms with Crippen molar-refractivity contribution in [3.63, 3.8) is 0 Å². The molecule has 0 spiro atoms. The molecule has 0 radical (unpaired) electrons. The highest BCUT2D eigenvalue weighted by Gasteiger charge is 2.38. The van der Waals surface area contributed by atoms with Gasteiger partial charge in [-0.05, 0) is 51.0 Å². The second-order valence-corrected chi connectivity index (χ2v) is 6.76. The van der Waals surface area contributed by atoms with Crippen molar-refractivity contribution in [2.75, 3.05) is 6.54 Å². The lowest BCUT2D eigenvalue weighted by atomic mass is 10.0. The number of aryl methyl sites for hydroxylation is 2. The Labute approximate surface area is 147 Å². The molecule has 2 aromatic rings. The van der Waals surface area contributed by atoms with Crippen molar-refractivity contribution >= 4 is 11.9 Å². The van der Waals surface area contributed by atoms with E-state index < -0.39 is 11.9 Å². The van der Waals surface area contributed by atoms with Crippen molar-refractivity contribution < 1.29 is 14.7 Å². The normalized spacial score (nSPS) is 20.0. The topological polar surface area (TPSA) is 75.4 Å². The highest BCUT2D eigenvalue weighted by Crippen LogP contribution is 2.26. The Kier molecular flexibility index (Phi) is 4.61. The van der Waals surface area contributed by atoms with Crippen molar-refractivity contribution in [3.8, 4) is 0 Å². The summed E-state index contributed by atoms with van der Waals surface area (Å²) in [4.78, 5) is 25.7. The van der Waals surface area contributed by atoms with Gasteiger partial charge in [-0.2, -0.15) is 5.10 Å². The number of likely N-dealkylation sites (tertiary alicyclic amines) is 1. The van der Waals surface area contributed by atoms with Crippen LogP contribution in [0.25, 0.3) is 0 Å². The second-order valence-electron chi connectivity index (χ2n) is 6.76. The van der Waals surface area contributed by atoms with Crippen LogP contribution < -0.4 is 0 Å². The van der Waals surface area contributed by atoms with Crippen molar-refractivity contribution in [1.29, 1.82) is 0 Å². The molecule has 6 heteroatoms. The summed E-state index contributed by atoms with van der Waals surface area (Å²) < 4.78 is 1.91. The maximum Gasteiger partial charge on any atom is 0.308 e. The molecule has 2 atom stereocenters. The second kappa shape index (κ2) is 6.70. The van der Waals surface area contributed by atoms with E-state index >= 15 is 0 Å². The quantitative estimate of drug-likeness (QED) is 0.927. The fourth-order valence-corrected chi connectivity index (χ4v) is 3.53. The molecule has 1 aromatic carbocycles. The first-order valence-corrected chi connectivity index (χ1v) is 8.50. The Morgan fingerprint density at radius 3 is 2.64 bits per heavy atom. The Hall–Kier alpha value is -2.63. The third kappa shape index (κ3) is 3.43. The maximum atomic E-state index is 12.8. The van der Waals surface area contributed by atoms with Crippen LogP contribution >= 0.6 is 0 Å². The summed E-state index contributed by atoms with van der Waals surface area (Å²) in [5, 5.41) is 13.7. The molecule has 1 fully saturated rings. The van der Waals surface area contributed by atoms with Crippen molar-refractivity contribution in [2.45, 2.75) is 39.8 Å². The van der Waals surface area contributed by atoms with Crippen LogP contribution in [0.15, 0.2) is 30.3 Å². The van der Waals surface area contributed by atoms with Gasteiger partial charge in [-0.3, -0.25) is 14.3 Å². The first kappa shape index (κ1) is 17.2. The standard InChI is InChI=1S/C19H23N3O3/c1-12-9-13(2)22(20-12)11-15-5-4-6-16(10-15)18(23)21-8-7-17(14(21)3)19(24)25/h4-6,9-10,14,17H,7-8,11H2,1-3H3,(H,24,25). The molecule has 3 rings (SSSR count). The van der Waals surface area contributed by atoms with Crippen LogP contribution in [0.5, 0.6) is 0 Å². The average Bonchev–Trinajstić information content (AvgIpc) is 3.09. The average molecular weight is 341 g/mol. The third-order valence-corrected chi connectivity index (χ3v) is 4.94. The molecule has 0 aliphatic carbocycles. The summed E-state index contributed by atoms with van der Waals surface area (Å²) in [7, 11) is 0. The number of aliphatic carboxylic acids is 1. The number of carboxylic acid groups (broad SMARTS) is 1. The summed E-state index contributed by atoms with van der Waals surface area (Å²) in [5.41, 5.74) is 3.64. The van der Waals surface area contributed by atoms with Gasteiger partial charge < -0.3 is 10.0 Å². The van der Waals surface area contributed by atoms with E-state index in [9.17, 15) is 14.7 Å². The fourth-order valence-electron chi connectivity index (χ4n) is 3.53. The number of carbonyl (C=O) groups is 2. The van der Waals surface area contributed by atoms with Crippen molar-refractivity contribution in [1.82, 2.24) is 14.7 Å². The van der Waals surface area contributed by atoms with Crippen LogP contribution in [0, 0.1) is 19.8 Å². The fraction of sp³-hybridized carbons (Fsp3) is 0.421. The van der Waals surface area contributed by atoms with E-state index in [1.807, 2.05) is 49.7 Å². The van der Waals surface area contributed by atoms with Crippen LogP contribution in [0.4, 0.5) is 0 Å². The molecule has 1 amide bonds. The van der Waals surface area contributed by atoms with Crippen LogP contribution in [0.1, 0.15) is 40.7 Å². The first-order chi connectivity index (χ1) is 11.9. The zero-order valence-electron chi connectivity index (χ0n) is 14.8. The summed E-state index contributed by atoms with van der Waals surface area (Å²) >= 11 is 0. The number of carboxylic acids is 1. The number of nitrogens with zero attached hydrogens (tertiary/aromatic N) is 3. The number of aromatic nitrogens is 2. The van der Waals surface area contributed by atoms with E-state index in [1.165, 1.54) is 0 Å². The number of carbonyl (C=O) groups excluding carboxylic acids is 1. The predicted octanol–water partition coefficient (Wildman–Crippen LogP) is 2.48. The highest BCUT2D eigenvalue weighted by atomic mass is 16.4. The Morgan fingerprint density at radius 1 is 1.28 bits per heavy atom. The molecular formula is C19H23N3O3. The van der Waals surface area contributed by atoms with Gasteiger partial charge in [0, 0.05) is 23.8 Å². The third-order valence-electron chi connectivity index (χ3n) is 4.94. The van der Waals surface area contributed by atoms with E-state index in [1.54, 1.807) is 11.0 Å². The molecule has 1 aliphatic heterocycles. The van der Waals surface area contributed by atoms with E-state index in [4.69, 9.17) is 0 Å². The lowest BCUT2D eigenvalue weighted by Crippen LogP contribution is -2.37. The van der Waals surface area contributed by atoms with Crippen LogP contribution in [0.2, 0.25) is 0 Å². The summed E-state index contributed by atoms with van der Waals surface area (Å²) in [6, 6.07) is 9.23. The van der Waals surface area contributed by atoms with E-state index in [2.05, 4.69) is 5.10 Å². The van der Waals surface area contributed by atoms with E-state index in [-0.39, 0.29) is 11.9 Å². The molecule has 6 nitrogen and oxygen atoms in total. The molecule has 1 aromatic heterocycles. The summed E-state index contributed by atoms with van der Waals surface area (Å²) in [5.74, 6) is -1.42. The molecule has 2 heterocycles. The minimum atomic E-state index is -0.832. The van der Waals surface area contributed by atoms with Crippen LogP contribution in [-0.4, -0.2) is 44.3 Å². The molecule has 25 heavy (non-hydrogen) atoms. The summed E-state index contributed by atoms with van der Waals surface area (Å²) in [6.45, 7) is 6.86. The number of hydrogen-bond donors (Lipinski definition) is 1. The Bertz CT molecular complexity index is 812. The van der Waals surface area contributed by atoms with Gasteiger partial charge >= 0.3 is 5.97 Å². The SMILES string of the molecule is Cc1cc(C)n(Cc2cccc(C(=O)N3CCC(C(=O)O)C3C)c2)n1. The minimum absolute atomic E-state index is 0.105. The van der Waals surface area contributed by atoms with E-state index in [0.29, 0.717) is 25.1 Å². The molecule has 0 saturated carbocycles. The van der Waals surface area contributed by atoms with Crippen molar-refractivity contribution in [2.24, 2.45) is 5.92 Å². The largest absolute Gasteiger partial charge is 0.481 e. The molecule has 132 valence electrons. The molecular weight excluding hydrogens is 318 g/mol. The molecule has 1 saturated heterocycles. The van der Waals surface area contributed by atoms with Gasteiger partial charge in [-0.25, -0.2) is 0 Å². The molecule has 2 unspecified atom stereocenters. The number of benzene rings is 1. The van der Waals surface area contributed by atoms with Crippen LogP contribution in [-0.2, 0) is 11.3 Å². The van der Waals surface area contributed by atoms with Gasteiger partial charge in [-0.15, -0.1) is 0 Å². The van der Waals surface area contributed by atoms with Gasteiger partial charge in [0.2, 0.25) is 0 Å². The molecule has 1 aliphatic rings. The lowest BCUT2D eigenvalue weighted by Gasteiger charge is -2.23. The monoisotopic (exact) mass is 341 g/mol. The number of rotatable bonds is 4. The van der Waals surface area contributed by atoms with Gasteiger partial charge in [0.05, 0.1) is 18.2 Å². The number of hydrogen-bond acceptors (Lipinski definition) is 3. The van der Waals surface area contributed by atoms with Crippen molar-refractivity contribution in [3.05, 3.63) is 52.8 Å². The molecule has 0 bridgehead atoms.